The molecule has 20 heavy (non-hydrogen) atoms. The fourth-order valence-corrected chi connectivity index (χ4v) is 2.43. The van der Waals surface area contributed by atoms with Crippen LogP contribution in [0.5, 0.6) is 5.75 Å². The highest BCUT2D eigenvalue weighted by atomic mass is 32.1. The van der Waals surface area contributed by atoms with Crippen LogP contribution in [-0.2, 0) is 6.54 Å². The second kappa shape index (κ2) is 5.38. The number of aromatic nitrogens is 4. The minimum absolute atomic E-state index is 0.222. The second-order valence-corrected chi connectivity index (χ2v) is 5.04. The molecule has 0 saturated carbocycles. The van der Waals surface area contributed by atoms with E-state index in [4.69, 9.17) is 4.74 Å². The maximum absolute atomic E-state index is 13.6. The minimum atomic E-state index is -0.399. The summed E-state index contributed by atoms with van der Waals surface area (Å²) in [6, 6.07) is 8.63. The van der Waals surface area contributed by atoms with Crippen LogP contribution in [0.2, 0.25) is 0 Å². The monoisotopic (exact) mass is 290 g/mol. The average molecular weight is 290 g/mol. The Labute approximate surface area is 118 Å². The summed E-state index contributed by atoms with van der Waals surface area (Å²) in [5.74, 6) is 0.400. The van der Waals surface area contributed by atoms with E-state index in [1.54, 1.807) is 23.5 Å². The summed E-state index contributed by atoms with van der Waals surface area (Å²) in [6.07, 6.45) is 0. The molecule has 3 rings (SSSR count). The van der Waals surface area contributed by atoms with E-state index >= 15 is 0 Å². The summed E-state index contributed by atoms with van der Waals surface area (Å²) < 4.78 is 18.5. The molecule has 102 valence electrons. The van der Waals surface area contributed by atoms with E-state index in [9.17, 15) is 4.39 Å². The van der Waals surface area contributed by atoms with Crippen molar-refractivity contribution in [1.29, 1.82) is 0 Å². The van der Waals surface area contributed by atoms with Crippen LogP contribution in [0.25, 0.3) is 10.7 Å². The second-order valence-electron chi connectivity index (χ2n) is 4.09. The number of halogens is 1. The van der Waals surface area contributed by atoms with Gasteiger partial charge in [-0.2, -0.15) is 4.80 Å². The first-order valence-corrected chi connectivity index (χ1v) is 6.78. The number of ether oxygens (including phenoxy) is 1. The minimum Gasteiger partial charge on any atom is -0.494 e. The molecule has 0 aliphatic rings. The van der Waals surface area contributed by atoms with E-state index in [0.29, 0.717) is 12.4 Å². The van der Waals surface area contributed by atoms with Crippen LogP contribution in [0.3, 0.4) is 0 Å². The zero-order valence-electron chi connectivity index (χ0n) is 10.7. The SMILES string of the molecule is COc1ccc(Cn2nnc(-c3cccs3)n2)cc1F. The van der Waals surface area contributed by atoms with Crippen LogP contribution in [-0.4, -0.2) is 27.3 Å². The molecule has 0 spiro atoms. The van der Waals surface area contributed by atoms with E-state index < -0.39 is 5.82 Å². The molecule has 0 N–H and O–H groups in total. The van der Waals surface area contributed by atoms with Crippen molar-refractivity contribution in [2.75, 3.05) is 7.11 Å². The molecule has 2 heterocycles. The van der Waals surface area contributed by atoms with Gasteiger partial charge < -0.3 is 4.74 Å². The molecule has 0 aliphatic carbocycles. The Bertz CT molecular complexity index is 711. The molecule has 0 saturated heterocycles. The van der Waals surface area contributed by atoms with Gasteiger partial charge in [0.1, 0.15) is 0 Å². The zero-order chi connectivity index (χ0) is 13.9. The van der Waals surface area contributed by atoms with E-state index in [1.807, 2.05) is 17.5 Å². The van der Waals surface area contributed by atoms with Gasteiger partial charge in [0.25, 0.3) is 0 Å². The van der Waals surface area contributed by atoms with Crippen LogP contribution < -0.4 is 4.74 Å². The molecule has 0 fully saturated rings. The van der Waals surface area contributed by atoms with Gasteiger partial charge in [-0.1, -0.05) is 12.1 Å². The van der Waals surface area contributed by atoms with E-state index in [0.717, 1.165) is 10.4 Å². The maximum atomic E-state index is 13.6. The summed E-state index contributed by atoms with van der Waals surface area (Å²) in [5.41, 5.74) is 0.749. The van der Waals surface area contributed by atoms with Gasteiger partial charge in [0.05, 0.1) is 18.5 Å². The molecule has 5 nitrogen and oxygen atoms in total. The number of hydrogen-bond acceptors (Lipinski definition) is 5. The van der Waals surface area contributed by atoms with Crippen LogP contribution >= 0.6 is 11.3 Å². The molecule has 0 radical (unpaired) electrons. The first kappa shape index (κ1) is 12.7. The molecule has 0 unspecified atom stereocenters. The molecule has 0 amide bonds. The van der Waals surface area contributed by atoms with Gasteiger partial charge in [-0.3, -0.25) is 0 Å². The largest absolute Gasteiger partial charge is 0.494 e. The Morgan fingerprint density at radius 3 is 2.95 bits per heavy atom. The third kappa shape index (κ3) is 2.53. The fourth-order valence-electron chi connectivity index (χ4n) is 1.79. The van der Waals surface area contributed by atoms with Crippen molar-refractivity contribution in [1.82, 2.24) is 20.2 Å². The molecule has 2 aromatic heterocycles. The number of tetrazole rings is 1. The van der Waals surface area contributed by atoms with Crippen molar-refractivity contribution >= 4 is 11.3 Å². The predicted molar refractivity (Wildman–Crippen MR) is 73.2 cm³/mol. The van der Waals surface area contributed by atoms with Crippen molar-refractivity contribution < 1.29 is 9.13 Å². The van der Waals surface area contributed by atoms with Gasteiger partial charge in [0.2, 0.25) is 5.82 Å². The Hall–Kier alpha value is -2.28. The maximum Gasteiger partial charge on any atom is 0.214 e. The number of benzene rings is 1. The van der Waals surface area contributed by atoms with Gasteiger partial charge in [-0.15, -0.1) is 21.5 Å². The number of rotatable bonds is 4. The van der Waals surface area contributed by atoms with Crippen molar-refractivity contribution in [3.05, 3.63) is 47.1 Å². The lowest BCUT2D eigenvalue weighted by Crippen LogP contribution is -2.04. The number of hydrogen-bond donors (Lipinski definition) is 0. The molecule has 3 aromatic rings. The highest BCUT2D eigenvalue weighted by Gasteiger charge is 2.08. The Morgan fingerprint density at radius 1 is 1.35 bits per heavy atom. The zero-order valence-corrected chi connectivity index (χ0v) is 11.5. The summed E-state index contributed by atoms with van der Waals surface area (Å²) >= 11 is 1.55. The van der Waals surface area contributed by atoms with Gasteiger partial charge in [0.15, 0.2) is 11.6 Å². The summed E-state index contributed by atoms with van der Waals surface area (Å²) in [5, 5.41) is 14.2. The lowest BCUT2D eigenvalue weighted by molar-refractivity contribution is 0.386. The fraction of sp³-hybridized carbons (Fsp3) is 0.154. The quantitative estimate of drug-likeness (QED) is 0.741. The van der Waals surface area contributed by atoms with E-state index in [1.165, 1.54) is 18.0 Å². The number of thiophene rings is 1. The number of nitrogens with zero attached hydrogens (tertiary/aromatic N) is 4. The predicted octanol–water partition coefficient (Wildman–Crippen LogP) is 2.60. The third-order valence-corrected chi connectivity index (χ3v) is 3.60. The van der Waals surface area contributed by atoms with Gasteiger partial charge >= 0.3 is 0 Å². The topological polar surface area (TPSA) is 52.8 Å². The van der Waals surface area contributed by atoms with E-state index in [-0.39, 0.29) is 5.75 Å². The third-order valence-electron chi connectivity index (χ3n) is 2.73. The van der Waals surface area contributed by atoms with Crippen molar-refractivity contribution in [2.24, 2.45) is 0 Å². The molecule has 1 aromatic carbocycles. The van der Waals surface area contributed by atoms with Gasteiger partial charge in [-0.05, 0) is 34.4 Å². The molecule has 0 atom stereocenters. The first-order valence-electron chi connectivity index (χ1n) is 5.90. The van der Waals surface area contributed by atoms with Crippen LogP contribution in [0.15, 0.2) is 35.7 Å². The summed E-state index contributed by atoms with van der Waals surface area (Å²) in [6.45, 7) is 0.360. The molecular weight excluding hydrogens is 279 g/mol. The van der Waals surface area contributed by atoms with Crippen LogP contribution in [0, 0.1) is 5.82 Å². The highest BCUT2D eigenvalue weighted by molar-refractivity contribution is 7.13. The van der Waals surface area contributed by atoms with Crippen LogP contribution in [0.4, 0.5) is 4.39 Å². The average Bonchev–Trinajstić information content (AvgIpc) is 3.09. The van der Waals surface area contributed by atoms with Crippen molar-refractivity contribution in [2.45, 2.75) is 6.54 Å². The Balaban J connectivity index is 1.80. The van der Waals surface area contributed by atoms with Crippen LogP contribution in [0.1, 0.15) is 5.56 Å². The lowest BCUT2D eigenvalue weighted by atomic mass is 10.2. The summed E-state index contributed by atoms with van der Waals surface area (Å²) in [7, 11) is 1.43. The van der Waals surface area contributed by atoms with Crippen molar-refractivity contribution in [3.8, 4) is 16.5 Å². The smallest absolute Gasteiger partial charge is 0.214 e. The van der Waals surface area contributed by atoms with Gasteiger partial charge in [-0.25, -0.2) is 4.39 Å². The Morgan fingerprint density at radius 2 is 2.25 bits per heavy atom. The molecule has 0 aliphatic heterocycles. The van der Waals surface area contributed by atoms with E-state index in [2.05, 4.69) is 15.4 Å². The van der Waals surface area contributed by atoms with Gasteiger partial charge in [0, 0.05) is 0 Å². The lowest BCUT2D eigenvalue weighted by Gasteiger charge is -2.04. The molecule has 0 bridgehead atoms. The first-order chi connectivity index (χ1) is 9.76. The molecule has 7 heteroatoms. The normalized spacial score (nSPS) is 10.7. The molecular formula is C13H11FN4OS. The highest BCUT2D eigenvalue weighted by Crippen LogP contribution is 2.20. The standard InChI is InChI=1S/C13H11FN4OS/c1-19-11-5-4-9(7-10(11)14)8-18-16-13(15-17-18)12-3-2-6-20-12/h2-7H,8H2,1H3. The summed E-state index contributed by atoms with van der Waals surface area (Å²) in [4.78, 5) is 2.40. The Kier molecular flexibility index (Phi) is 3.42. The number of methoxy groups -OCH3 is 1. The van der Waals surface area contributed by atoms with Crippen molar-refractivity contribution in [3.63, 3.8) is 0 Å².